The van der Waals surface area contributed by atoms with E-state index in [0.29, 0.717) is 12.0 Å². The molecule has 0 N–H and O–H groups in total. The number of alkyl halides is 5. The van der Waals surface area contributed by atoms with E-state index in [2.05, 4.69) is 0 Å². The lowest BCUT2D eigenvalue weighted by molar-refractivity contribution is -0.238. The van der Waals surface area contributed by atoms with Crippen LogP contribution in [-0.4, -0.2) is 11.4 Å². The first kappa shape index (κ1) is 14.4. The highest BCUT2D eigenvalue weighted by Gasteiger charge is 2.66. The largest absolute Gasteiger partial charge is 0.510 e. The monoisotopic (exact) mass is 317 g/mol. The van der Waals surface area contributed by atoms with Crippen molar-refractivity contribution in [3.63, 3.8) is 0 Å². The van der Waals surface area contributed by atoms with Crippen molar-refractivity contribution >= 4 is 11.8 Å². The highest BCUT2D eigenvalue weighted by Crippen LogP contribution is 2.43. The van der Waals surface area contributed by atoms with Crippen LogP contribution < -0.4 is 0 Å². The van der Waals surface area contributed by atoms with Gasteiger partial charge in [0.05, 0.1) is 11.8 Å². The number of fused-ring (bicyclic) bond motifs is 3. The summed E-state index contributed by atoms with van der Waals surface area (Å²) in [6.45, 7) is 0. The van der Waals surface area contributed by atoms with Gasteiger partial charge < -0.3 is 0 Å². The maximum absolute atomic E-state index is 13.3. The standard InChI is InChI=1S/C15H9F5S/c16-14(17,18)15(19,20)21-13-7-3-6-11-10-5-2-1-4-9(10)8-12(11)13/h1-7H,8H2/p+1. The van der Waals surface area contributed by atoms with Crippen LogP contribution in [0.5, 0.6) is 0 Å². The highest BCUT2D eigenvalue weighted by atomic mass is 32.2. The molecule has 0 atom stereocenters. The second kappa shape index (κ2) is 4.73. The second-order valence-electron chi connectivity index (χ2n) is 4.79. The Balaban J connectivity index is 2.02. The average molecular weight is 317 g/mol. The smallest absolute Gasteiger partial charge is 0.160 e. The van der Waals surface area contributed by atoms with E-state index in [9.17, 15) is 22.0 Å². The number of hydrogen-bond donors (Lipinski definition) is 0. The van der Waals surface area contributed by atoms with Gasteiger partial charge >= 0.3 is 11.4 Å². The van der Waals surface area contributed by atoms with Gasteiger partial charge in [0.25, 0.3) is 0 Å². The molecule has 0 fully saturated rings. The molecule has 3 rings (SSSR count). The molecule has 0 unspecified atom stereocenters. The second-order valence-corrected chi connectivity index (χ2v) is 6.06. The molecule has 0 spiro atoms. The average Bonchev–Trinajstić information content (AvgIpc) is 2.77. The summed E-state index contributed by atoms with van der Waals surface area (Å²) in [6.07, 6.45) is -5.15. The summed E-state index contributed by atoms with van der Waals surface area (Å²) in [6, 6.07) is 12.0. The van der Waals surface area contributed by atoms with Crippen molar-refractivity contribution in [2.24, 2.45) is 0 Å². The third-order valence-electron chi connectivity index (χ3n) is 3.43. The normalized spacial score (nSPS) is 14.0. The zero-order valence-corrected chi connectivity index (χ0v) is 11.5. The number of thiol groups is 1. The van der Waals surface area contributed by atoms with Gasteiger partial charge in [0, 0.05) is 12.0 Å². The molecule has 1 aliphatic carbocycles. The number of halogens is 5. The lowest BCUT2D eigenvalue weighted by atomic mass is 10.1. The van der Waals surface area contributed by atoms with Crippen molar-refractivity contribution < 1.29 is 22.0 Å². The van der Waals surface area contributed by atoms with E-state index in [1.165, 1.54) is 12.1 Å². The van der Waals surface area contributed by atoms with E-state index in [-0.39, 0.29) is 4.90 Å². The van der Waals surface area contributed by atoms with Crippen LogP contribution in [0.2, 0.25) is 0 Å². The third kappa shape index (κ3) is 2.41. The van der Waals surface area contributed by atoms with E-state index in [4.69, 9.17) is 0 Å². The molecule has 0 bridgehead atoms. The van der Waals surface area contributed by atoms with Crippen LogP contribution in [0.25, 0.3) is 11.1 Å². The van der Waals surface area contributed by atoms with Crippen LogP contribution in [0.3, 0.4) is 0 Å². The maximum atomic E-state index is 13.3. The van der Waals surface area contributed by atoms with E-state index in [0.717, 1.165) is 16.7 Å². The molecule has 21 heavy (non-hydrogen) atoms. The van der Waals surface area contributed by atoms with Crippen molar-refractivity contribution in [3.8, 4) is 11.1 Å². The molecule has 6 heteroatoms. The lowest BCUT2D eigenvalue weighted by Gasteiger charge is -2.12. The minimum Gasteiger partial charge on any atom is -0.160 e. The summed E-state index contributed by atoms with van der Waals surface area (Å²) >= 11 is -1.02. The molecular weight excluding hydrogens is 307 g/mol. The van der Waals surface area contributed by atoms with Gasteiger partial charge in [0.2, 0.25) is 0 Å². The SMILES string of the molecule is FC(F)(F)C(F)(F)[SH+]c1cccc2c1Cc1ccccc1-2. The number of benzene rings is 2. The zero-order chi connectivity index (χ0) is 15.3. The van der Waals surface area contributed by atoms with Gasteiger partial charge in [-0.2, -0.15) is 13.2 Å². The van der Waals surface area contributed by atoms with Crippen molar-refractivity contribution in [1.29, 1.82) is 0 Å². The Bertz CT molecular complexity index is 691. The molecule has 0 saturated heterocycles. The molecule has 110 valence electrons. The van der Waals surface area contributed by atoms with E-state index in [1.807, 2.05) is 24.3 Å². The van der Waals surface area contributed by atoms with Crippen molar-refractivity contribution in [2.45, 2.75) is 22.7 Å². The van der Waals surface area contributed by atoms with Gasteiger partial charge in [-0.05, 0) is 22.8 Å². The molecule has 2 aromatic carbocycles. The molecule has 0 aliphatic heterocycles. The molecule has 1 aliphatic rings. The highest BCUT2D eigenvalue weighted by molar-refractivity contribution is 7.79. The van der Waals surface area contributed by atoms with Crippen molar-refractivity contribution in [2.75, 3.05) is 0 Å². The van der Waals surface area contributed by atoms with Gasteiger partial charge in [-0.1, -0.05) is 36.4 Å². The Morgan fingerprint density at radius 1 is 0.810 bits per heavy atom. The quantitative estimate of drug-likeness (QED) is 0.368. The summed E-state index contributed by atoms with van der Waals surface area (Å²) in [5, 5.41) is -4.74. The third-order valence-corrected chi connectivity index (χ3v) is 4.62. The van der Waals surface area contributed by atoms with Crippen LogP contribution in [0.1, 0.15) is 11.1 Å². The molecule has 0 heterocycles. The summed E-state index contributed by atoms with van der Waals surface area (Å²) in [5.41, 5.74) is 3.16. The fraction of sp³-hybridized carbons (Fsp3) is 0.200. The first-order chi connectivity index (χ1) is 9.79. The fourth-order valence-electron chi connectivity index (χ4n) is 2.46. The van der Waals surface area contributed by atoms with Crippen LogP contribution in [-0.2, 0) is 18.2 Å². The summed E-state index contributed by atoms with van der Waals surface area (Å²) in [7, 11) is 0. The Hall–Kier alpha value is -1.56. The van der Waals surface area contributed by atoms with Gasteiger partial charge in [-0.15, -0.1) is 8.78 Å². The van der Waals surface area contributed by atoms with Gasteiger partial charge in [0.1, 0.15) is 0 Å². The van der Waals surface area contributed by atoms with Crippen LogP contribution in [0, 0.1) is 0 Å². The molecule has 0 saturated carbocycles. The van der Waals surface area contributed by atoms with E-state index in [1.54, 1.807) is 6.07 Å². The maximum Gasteiger partial charge on any atom is 0.510 e. The summed E-state index contributed by atoms with van der Waals surface area (Å²) in [4.78, 5) is 0.0334. The summed E-state index contributed by atoms with van der Waals surface area (Å²) < 4.78 is 63.7. The molecule has 2 aromatic rings. The predicted molar refractivity (Wildman–Crippen MR) is 72.7 cm³/mol. The zero-order valence-electron chi connectivity index (χ0n) is 10.6. The topological polar surface area (TPSA) is 0 Å². The Kier molecular flexibility index (Phi) is 3.24. The lowest BCUT2D eigenvalue weighted by Crippen LogP contribution is -2.37. The molecular formula is C15H10F5S+. The van der Waals surface area contributed by atoms with Gasteiger partial charge in [-0.25, -0.2) is 0 Å². The van der Waals surface area contributed by atoms with E-state index < -0.39 is 23.2 Å². The van der Waals surface area contributed by atoms with Gasteiger partial charge in [-0.3, -0.25) is 0 Å². The number of hydrogen-bond acceptors (Lipinski definition) is 0. The van der Waals surface area contributed by atoms with Crippen molar-refractivity contribution in [3.05, 3.63) is 53.6 Å². The van der Waals surface area contributed by atoms with Crippen LogP contribution in [0.4, 0.5) is 22.0 Å². The predicted octanol–water partition coefficient (Wildman–Crippen LogP) is 4.59. The Labute approximate surface area is 122 Å². The van der Waals surface area contributed by atoms with Crippen LogP contribution >= 0.6 is 0 Å². The van der Waals surface area contributed by atoms with Gasteiger partial charge in [0.15, 0.2) is 4.90 Å². The van der Waals surface area contributed by atoms with Crippen LogP contribution in [0.15, 0.2) is 47.4 Å². The Morgan fingerprint density at radius 3 is 2.19 bits per heavy atom. The van der Waals surface area contributed by atoms with E-state index >= 15 is 0 Å². The molecule has 0 radical (unpaired) electrons. The first-order valence-corrected chi connectivity index (χ1v) is 7.07. The minimum atomic E-state index is -5.54. The minimum absolute atomic E-state index is 0.0334. The molecule has 0 amide bonds. The molecule has 0 nitrogen and oxygen atoms in total. The number of rotatable bonds is 2. The molecule has 0 aromatic heterocycles. The summed E-state index contributed by atoms with van der Waals surface area (Å²) in [5.74, 6) is 0. The first-order valence-electron chi connectivity index (χ1n) is 6.17. The van der Waals surface area contributed by atoms with Crippen molar-refractivity contribution in [1.82, 2.24) is 0 Å². The fourth-order valence-corrected chi connectivity index (χ4v) is 3.38. The Morgan fingerprint density at radius 2 is 1.48 bits per heavy atom.